The lowest BCUT2D eigenvalue weighted by Crippen LogP contribution is -2.27. The molecule has 1 aliphatic rings. The Morgan fingerprint density at radius 1 is 1.37 bits per heavy atom. The van der Waals surface area contributed by atoms with Crippen LogP contribution in [0.4, 0.5) is 0 Å². The molecule has 104 valence electrons. The van der Waals surface area contributed by atoms with Gasteiger partial charge in [0.05, 0.1) is 24.0 Å². The van der Waals surface area contributed by atoms with Gasteiger partial charge >= 0.3 is 0 Å². The lowest BCUT2D eigenvalue weighted by Gasteiger charge is -2.26. The molecule has 2 heterocycles. The third-order valence-corrected chi connectivity index (χ3v) is 3.33. The maximum Gasteiger partial charge on any atom is 0.113 e. The number of likely N-dealkylation sites (N-methyl/N-ethyl adjacent to an activating group) is 1. The van der Waals surface area contributed by atoms with E-state index in [2.05, 4.69) is 41.5 Å². The Morgan fingerprint density at radius 2 is 2.21 bits per heavy atom. The van der Waals surface area contributed by atoms with Crippen molar-refractivity contribution in [2.24, 2.45) is 0 Å². The van der Waals surface area contributed by atoms with Gasteiger partial charge in [-0.15, -0.1) is 0 Å². The predicted molar refractivity (Wildman–Crippen MR) is 75.8 cm³/mol. The molecule has 4 heteroatoms. The monoisotopic (exact) mass is 261 g/mol. The zero-order chi connectivity index (χ0) is 13.7. The Balaban J connectivity index is 2.37. The highest BCUT2D eigenvalue weighted by molar-refractivity contribution is 5.30. The van der Waals surface area contributed by atoms with Gasteiger partial charge in [-0.25, -0.2) is 0 Å². The molecule has 2 rings (SSSR count). The van der Waals surface area contributed by atoms with Crippen LogP contribution >= 0.6 is 0 Å². The summed E-state index contributed by atoms with van der Waals surface area (Å²) in [5.41, 5.74) is 3.20. The maximum atomic E-state index is 5.84. The quantitative estimate of drug-likeness (QED) is 0.885. The molecule has 1 atom stereocenters. The first-order valence-electron chi connectivity index (χ1n) is 7.15. The highest BCUT2D eigenvalue weighted by atomic mass is 16.5. The molecule has 1 aliphatic heterocycles. The van der Waals surface area contributed by atoms with E-state index < -0.39 is 0 Å². The van der Waals surface area contributed by atoms with E-state index >= 15 is 0 Å². The van der Waals surface area contributed by atoms with Crippen LogP contribution in [0.2, 0.25) is 0 Å². The molecule has 0 aromatic carbocycles. The van der Waals surface area contributed by atoms with Crippen molar-refractivity contribution in [1.82, 2.24) is 15.5 Å². The van der Waals surface area contributed by atoms with Gasteiger partial charge < -0.3 is 10.1 Å². The Hall–Kier alpha value is -1.42. The summed E-state index contributed by atoms with van der Waals surface area (Å²) in [6, 6.07) is 2.23. The minimum Gasteiger partial charge on any atom is -0.496 e. The largest absolute Gasteiger partial charge is 0.496 e. The van der Waals surface area contributed by atoms with Gasteiger partial charge in [0.2, 0.25) is 0 Å². The third-order valence-electron chi connectivity index (χ3n) is 3.33. The van der Waals surface area contributed by atoms with E-state index in [1.807, 2.05) is 6.92 Å². The van der Waals surface area contributed by atoms with Gasteiger partial charge in [0.1, 0.15) is 5.76 Å². The lowest BCUT2D eigenvalue weighted by atomic mass is 9.99. The van der Waals surface area contributed by atoms with Crippen molar-refractivity contribution >= 4 is 0 Å². The third kappa shape index (κ3) is 3.32. The first-order chi connectivity index (χ1) is 9.26. The van der Waals surface area contributed by atoms with Gasteiger partial charge in [0.25, 0.3) is 0 Å². The number of ether oxygens (including phenoxy) is 1. The number of hydrogen-bond donors (Lipinski definition) is 1. The molecule has 0 saturated heterocycles. The SMILES string of the molecule is CCNC(C1=CCCCO1)c1cc(C)nnc1CC. The number of rotatable bonds is 5. The summed E-state index contributed by atoms with van der Waals surface area (Å²) in [5.74, 6) is 1.04. The number of nitrogens with one attached hydrogen (secondary N) is 1. The molecule has 0 saturated carbocycles. The van der Waals surface area contributed by atoms with E-state index in [0.717, 1.165) is 49.6 Å². The molecular formula is C15H23N3O. The van der Waals surface area contributed by atoms with E-state index in [1.165, 1.54) is 5.56 Å². The molecule has 1 aromatic rings. The summed E-state index contributed by atoms with van der Waals surface area (Å²) in [4.78, 5) is 0. The summed E-state index contributed by atoms with van der Waals surface area (Å²) >= 11 is 0. The molecule has 0 fully saturated rings. The van der Waals surface area contributed by atoms with Crippen LogP contribution in [0.5, 0.6) is 0 Å². The second-order valence-electron chi connectivity index (χ2n) is 4.83. The number of hydrogen-bond acceptors (Lipinski definition) is 4. The summed E-state index contributed by atoms with van der Waals surface area (Å²) in [6.45, 7) is 7.92. The Bertz CT molecular complexity index is 457. The Labute approximate surface area is 115 Å². The van der Waals surface area contributed by atoms with E-state index in [-0.39, 0.29) is 6.04 Å². The van der Waals surface area contributed by atoms with Crippen molar-refractivity contribution in [2.45, 2.75) is 46.1 Å². The van der Waals surface area contributed by atoms with Crippen LogP contribution in [0.1, 0.15) is 49.7 Å². The summed E-state index contributed by atoms with van der Waals surface area (Å²) in [5, 5.41) is 12.0. The predicted octanol–water partition coefficient (Wildman–Crippen LogP) is 2.69. The molecular weight excluding hydrogens is 238 g/mol. The second-order valence-corrected chi connectivity index (χ2v) is 4.83. The second kappa shape index (κ2) is 6.66. The van der Waals surface area contributed by atoms with E-state index in [4.69, 9.17) is 4.74 Å². The van der Waals surface area contributed by atoms with Crippen LogP contribution in [0.3, 0.4) is 0 Å². The van der Waals surface area contributed by atoms with Gasteiger partial charge in [0, 0.05) is 5.56 Å². The average Bonchev–Trinajstić information content (AvgIpc) is 2.45. The van der Waals surface area contributed by atoms with Crippen LogP contribution in [0, 0.1) is 6.92 Å². The molecule has 1 N–H and O–H groups in total. The molecule has 1 unspecified atom stereocenters. The fourth-order valence-corrected chi connectivity index (χ4v) is 2.40. The van der Waals surface area contributed by atoms with E-state index in [9.17, 15) is 0 Å². The van der Waals surface area contributed by atoms with Crippen molar-refractivity contribution in [2.75, 3.05) is 13.2 Å². The van der Waals surface area contributed by atoms with Gasteiger partial charge in [0.15, 0.2) is 0 Å². The smallest absolute Gasteiger partial charge is 0.113 e. The van der Waals surface area contributed by atoms with Gasteiger partial charge in [-0.05, 0) is 44.9 Å². The molecule has 19 heavy (non-hydrogen) atoms. The molecule has 0 bridgehead atoms. The first kappa shape index (κ1) is 14.0. The fraction of sp³-hybridized carbons (Fsp3) is 0.600. The fourth-order valence-electron chi connectivity index (χ4n) is 2.40. The molecule has 1 aromatic heterocycles. The first-order valence-corrected chi connectivity index (χ1v) is 7.15. The van der Waals surface area contributed by atoms with Crippen molar-refractivity contribution in [1.29, 1.82) is 0 Å². The molecule has 0 aliphatic carbocycles. The zero-order valence-electron chi connectivity index (χ0n) is 12.1. The molecule has 0 radical (unpaired) electrons. The van der Waals surface area contributed by atoms with Gasteiger partial charge in [-0.3, -0.25) is 0 Å². The Kier molecular flexibility index (Phi) is 4.91. The average molecular weight is 261 g/mol. The van der Waals surface area contributed by atoms with Crippen LogP contribution in [0.25, 0.3) is 0 Å². The van der Waals surface area contributed by atoms with E-state index in [1.54, 1.807) is 0 Å². The minimum absolute atomic E-state index is 0.106. The van der Waals surface area contributed by atoms with Crippen LogP contribution < -0.4 is 5.32 Å². The van der Waals surface area contributed by atoms with Crippen molar-refractivity contribution in [3.63, 3.8) is 0 Å². The normalized spacial score (nSPS) is 16.7. The lowest BCUT2D eigenvalue weighted by molar-refractivity contribution is 0.168. The number of aromatic nitrogens is 2. The zero-order valence-corrected chi connectivity index (χ0v) is 12.1. The number of aryl methyl sites for hydroxylation is 2. The van der Waals surface area contributed by atoms with Crippen molar-refractivity contribution in [3.05, 3.63) is 34.9 Å². The summed E-state index contributed by atoms with van der Waals surface area (Å²) in [6.07, 6.45) is 5.29. The van der Waals surface area contributed by atoms with E-state index in [0.29, 0.717) is 0 Å². The van der Waals surface area contributed by atoms with Crippen molar-refractivity contribution < 1.29 is 4.74 Å². The maximum absolute atomic E-state index is 5.84. The van der Waals surface area contributed by atoms with Gasteiger partial charge in [-0.1, -0.05) is 13.8 Å². The summed E-state index contributed by atoms with van der Waals surface area (Å²) < 4.78 is 5.84. The number of allylic oxidation sites excluding steroid dienone is 1. The summed E-state index contributed by atoms with van der Waals surface area (Å²) in [7, 11) is 0. The standard InChI is InChI=1S/C15H23N3O/c1-4-13-12(10-11(3)17-18-13)15(16-5-2)14-8-6-7-9-19-14/h8,10,15-16H,4-7,9H2,1-3H3. The Morgan fingerprint density at radius 3 is 2.84 bits per heavy atom. The highest BCUT2D eigenvalue weighted by Gasteiger charge is 2.22. The molecule has 4 nitrogen and oxygen atoms in total. The van der Waals surface area contributed by atoms with Gasteiger partial charge in [-0.2, -0.15) is 10.2 Å². The highest BCUT2D eigenvalue weighted by Crippen LogP contribution is 2.28. The minimum atomic E-state index is 0.106. The van der Waals surface area contributed by atoms with Crippen LogP contribution in [-0.4, -0.2) is 23.3 Å². The van der Waals surface area contributed by atoms with Crippen LogP contribution in [-0.2, 0) is 11.2 Å². The molecule has 0 spiro atoms. The van der Waals surface area contributed by atoms with Crippen LogP contribution in [0.15, 0.2) is 17.9 Å². The topological polar surface area (TPSA) is 47.0 Å². The number of nitrogens with zero attached hydrogens (tertiary/aromatic N) is 2. The molecule has 0 amide bonds. The van der Waals surface area contributed by atoms with Crippen molar-refractivity contribution in [3.8, 4) is 0 Å².